The van der Waals surface area contributed by atoms with E-state index in [0.717, 1.165) is 36.1 Å². The second-order valence-corrected chi connectivity index (χ2v) is 6.87. The Bertz CT molecular complexity index is 405. The molecule has 100 valence electrons. The van der Waals surface area contributed by atoms with Crippen LogP contribution in [0.15, 0.2) is 28.7 Å². The number of rotatable bonds is 4. The van der Waals surface area contributed by atoms with Crippen LogP contribution in [0, 0.1) is 5.41 Å². The van der Waals surface area contributed by atoms with Gasteiger partial charge in [-0.25, -0.2) is 0 Å². The van der Waals surface area contributed by atoms with Gasteiger partial charge in [0.15, 0.2) is 0 Å². The highest BCUT2D eigenvalue weighted by Crippen LogP contribution is 2.30. The van der Waals surface area contributed by atoms with Crippen molar-refractivity contribution in [1.82, 2.24) is 4.90 Å². The maximum atomic E-state index is 10.2. The van der Waals surface area contributed by atoms with Crippen molar-refractivity contribution in [2.45, 2.75) is 32.8 Å². The summed E-state index contributed by atoms with van der Waals surface area (Å²) in [6.45, 7) is 7.92. The van der Waals surface area contributed by atoms with Gasteiger partial charge in [-0.2, -0.15) is 0 Å². The van der Waals surface area contributed by atoms with Crippen LogP contribution >= 0.6 is 15.9 Å². The Kier molecular flexibility index (Phi) is 4.46. The monoisotopic (exact) mass is 311 g/mol. The zero-order chi connectivity index (χ0) is 13.2. The van der Waals surface area contributed by atoms with E-state index in [9.17, 15) is 5.11 Å². The number of hydrogen-bond acceptors (Lipinski definition) is 2. The number of halogens is 1. The van der Waals surface area contributed by atoms with E-state index in [1.54, 1.807) is 0 Å². The molecule has 1 aromatic carbocycles. The molecule has 3 heteroatoms. The van der Waals surface area contributed by atoms with Crippen LogP contribution in [-0.2, 0) is 0 Å². The predicted molar refractivity (Wildman–Crippen MR) is 78.6 cm³/mol. The molecule has 18 heavy (non-hydrogen) atoms. The van der Waals surface area contributed by atoms with Gasteiger partial charge in [0, 0.05) is 17.6 Å². The molecule has 2 nitrogen and oxygen atoms in total. The van der Waals surface area contributed by atoms with Crippen LogP contribution in [0.3, 0.4) is 0 Å². The lowest BCUT2D eigenvalue weighted by molar-refractivity contribution is 0.145. The first kappa shape index (κ1) is 14.0. The van der Waals surface area contributed by atoms with E-state index in [0.29, 0.717) is 5.41 Å². The lowest BCUT2D eigenvalue weighted by Crippen LogP contribution is -2.25. The summed E-state index contributed by atoms with van der Waals surface area (Å²) in [6, 6.07) is 7.92. The molecular weight excluding hydrogens is 290 g/mol. The highest BCUT2D eigenvalue weighted by molar-refractivity contribution is 9.10. The van der Waals surface area contributed by atoms with E-state index < -0.39 is 0 Å². The van der Waals surface area contributed by atoms with E-state index in [-0.39, 0.29) is 6.10 Å². The van der Waals surface area contributed by atoms with Gasteiger partial charge in [0.2, 0.25) is 0 Å². The summed E-state index contributed by atoms with van der Waals surface area (Å²) in [5, 5.41) is 10.2. The van der Waals surface area contributed by atoms with Crippen molar-refractivity contribution in [2.24, 2.45) is 5.41 Å². The molecule has 1 fully saturated rings. The zero-order valence-electron chi connectivity index (χ0n) is 11.2. The van der Waals surface area contributed by atoms with Crippen molar-refractivity contribution in [2.75, 3.05) is 19.6 Å². The third-order valence-electron chi connectivity index (χ3n) is 3.74. The SMILES string of the molecule is CC1(C)CCN(CCC(O)c2ccccc2Br)C1. The molecule has 0 amide bonds. The van der Waals surface area contributed by atoms with Crippen LogP contribution < -0.4 is 0 Å². The van der Waals surface area contributed by atoms with Crippen LogP contribution in [0.1, 0.15) is 38.4 Å². The lowest BCUT2D eigenvalue weighted by atomic mass is 9.93. The minimum atomic E-state index is -0.371. The molecule has 0 spiro atoms. The summed E-state index contributed by atoms with van der Waals surface area (Å²) in [4.78, 5) is 2.46. The number of likely N-dealkylation sites (tertiary alicyclic amines) is 1. The van der Waals surface area contributed by atoms with E-state index >= 15 is 0 Å². The molecule has 1 aromatic rings. The average Bonchev–Trinajstić information content (AvgIpc) is 2.66. The minimum Gasteiger partial charge on any atom is -0.388 e. The fourth-order valence-electron chi connectivity index (χ4n) is 2.62. The van der Waals surface area contributed by atoms with Gasteiger partial charge >= 0.3 is 0 Å². The van der Waals surface area contributed by atoms with Gasteiger partial charge < -0.3 is 10.0 Å². The molecule has 1 aliphatic heterocycles. The lowest BCUT2D eigenvalue weighted by Gasteiger charge is -2.21. The molecule has 0 bridgehead atoms. The van der Waals surface area contributed by atoms with Crippen LogP contribution in [0.4, 0.5) is 0 Å². The molecule has 1 N–H and O–H groups in total. The molecule has 1 unspecified atom stereocenters. The Balaban J connectivity index is 1.86. The van der Waals surface area contributed by atoms with E-state index in [2.05, 4.69) is 34.7 Å². The third-order valence-corrected chi connectivity index (χ3v) is 4.46. The molecule has 1 atom stereocenters. The second kappa shape index (κ2) is 5.72. The first-order chi connectivity index (χ1) is 8.48. The summed E-state index contributed by atoms with van der Waals surface area (Å²) in [6.07, 6.45) is 1.70. The van der Waals surface area contributed by atoms with Crippen LogP contribution in [-0.4, -0.2) is 29.6 Å². The van der Waals surface area contributed by atoms with Crippen molar-refractivity contribution in [3.8, 4) is 0 Å². The van der Waals surface area contributed by atoms with Gasteiger partial charge in [0.1, 0.15) is 0 Å². The smallest absolute Gasteiger partial charge is 0.0813 e. The molecule has 0 radical (unpaired) electrons. The maximum Gasteiger partial charge on any atom is 0.0813 e. The van der Waals surface area contributed by atoms with Crippen molar-refractivity contribution >= 4 is 15.9 Å². The Morgan fingerprint density at radius 1 is 1.39 bits per heavy atom. The number of aliphatic hydroxyl groups is 1. The molecule has 1 saturated heterocycles. The fourth-order valence-corrected chi connectivity index (χ4v) is 3.17. The van der Waals surface area contributed by atoms with Crippen molar-refractivity contribution in [3.63, 3.8) is 0 Å². The first-order valence-corrected chi connectivity index (χ1v) is 7.42. The van der Waals surface area contributed by atoms with Crippen molar-refractivity contribution in [1.29, 1.82) is 0 Å². The molecule has 0 aliphatic carbocycles. The Hall–Kier alpha value is -0.380. The first-order valence-electron chi connectivity index (χ1n) is 6.63. The number of aliphatic hydroxyl groups excluding tert-OH is 1. The topological polar surface area (TPSA) is 23.5 Å². The number of benzene rings is 1. The van der Waals surface area contributed by atoms with E-state index in [1.807, 2.05) is 24.3 Å². The number of hydrogen-bond donors (Lipinski definition) is 1. The molecular formula is C15H22BrNO. The molecule has 1 aliphatic rings. The molecule has 2 rings (SSSR count). The summed E-state index contributed by atoms with van der Waals surface area (Å²) in [5.74, 6) is 0. The predicted octanol–water partition coefficient (Wildman–Crippen LogP) is 3.60. The Morgan fingerprint density at radius 2 is 2.11 bits per heavy atom. The van der Waals surface area contributed by atoms with Crippen LogP contribution in [0.2, 0.25) is 0 Å². The molecule has 1 heterocycles. The normalized spacial score (nSPS) is 21.1. The summed E-state index contributed by atoms with van der Waals surface area (Å²) < 4.78 is 0.999. The van der Waals surface area contributed by atoms with Gasteiger partial charge in [-0.3, -0.25) is 0 Å². The maximum absolute atomic E-state index is 10.2. The number of nitrogens with zero attached hydrogens (tertiary/aromatic N) is 1. The highest BCUT2D eigenvalue weighted by atomic mass is 79.9. The summed E-state index contributed by atoms with van der Waals surface area (Å²) in [7, 11) is 0. The van der Waals surface area contributed by atoms with Crippen LogP contribution in [0.5, 0.6) is 0 Å². The van der Waals surface area contributed by atoms with Gasteiger partial charge in [-0.15, -0.1) is 0 Å². The van der Waals surface area contributed by atoms with Crippen LogP contribution in [0.25, 0.3) is 0 Å². The molecule has 0 saturated carbocycles. The standard InChI is InChI=1S/C15H22BrNO/c1-15(2)8-10-17(11-15)9-7-14(18)12-5-3-4-6-13(12)16/h3-6,14,18H,7-11H2,1-2H3. The Morgan fingerprint density at radius 3 is 2.72 bits per heavy atom. The molecule has 0 aromatic heterocycles. The quantitative estimate of drug-likeness (QED) is 0.918. The van der Waals surface area contributed by atoms with E-state index in [4.69, 9.17) is 0 Å². The van der Waals surface area contributed by atoms with Gasteiger partial charge in [-0.1, -0.05) is 48.0 Å². The van der Waals surface area contributed by atoms with Gasteiger partial charge in [0.05, 0.1) is 6.10 Å². The van der Waals surface area contributed by atoms with Gasteiger partial charge in [-0.05, 0) is 36.4 Å². The summed E-state index contributed by atoms with van der Waals surface area (Å²) >= 11 is 3.49. The summed E-state index contributed by atoms with van der Waals surface area (Å²) in [5.41, 5.74) is 1.44. The average molecular weight is 312 g/mol. The van der Waals surface area contributed by atoms with Crippen molar-refractivity contribution < 1.29 is 5.11 Å². The van der Waals surface area contributed by atoms with Gasteiger partial charge in [0.25, 0.3) is 0 Å². The van der Waals surface area contributed by atoms with Crippen molar-refractivity contribution in [3.05, 3.63) is 34.3 Å². The largest absolute Gasteiger partial charge is 0.388 e. The van der Waals surface area contributed by atoms with E-state index in [1.165, 1.54) is 6.42 Å². The highest BCUT2D eigenvalue weighted by Gasteiger charge is 2.29. The second-order valence-electron chi connectivity index (χ2n) is 6.02. The fraction of sp³-hybridized carbons (Fsp3) is 0.600. The third kappa shape index (κ3) is 3.56. The zero-order valence-corrected chi connectivity index (χ0v) is 12.8. The Labute approximate surface area is 118 Å². The minimum absolute atomic E-state index is 0.371.